The second-order valence-electron chi connectivity index (χ2n) is 1.63. The van der Waals surface area contributed by atoms with Gasteiger partial charge in [0.1, 0.15) is 0 Å². The first kappa shape index (κ1) is 5.35. The van der Waals surface area contributed by atoms with Crippen LogP contribution in [0.3, 0.4) is 0 Å². The number of allylic oxidation sites excluding steroid dienone is 1. The first-order valence-corrected chi connectivity index (χ1v) is 2.77. The molecule has 0 fully saturated rings. The highest BCUT2D eigenvalue weighted by Gasteiger charge is 2.00. The minimum Gasteiger partial charge on any atom is -0.476 e. The van der Waals surface area contributed by atoms with Crippen molar-refractivity contribution in [3.05, 3.63) is 12.3 Å². The fourth-order valence-electron chi connectivity index (χ4n) is 0.554. The van der Waals surface area contributed by atoms with E-state index in [-0.39, 0.29) is 6.23 Å². The Balaban J connectivity index is 2.40. The van der Waals surface area contributed by atoms with Crippen LogP contribution in [-0.4, -0.2) is 12.4 Å². The molecule has 2 heteroatoms. The van der Waals surface area contributed by atoms with Crippen LogP contribution in [0.5, 0.6) is 0 Å². The summed E-state index contributed by atoms with van der Waals surface area (Å²) in [6, 6.07) is 0. The van der Waals surface area contributed by atoms with Gasteiger partial charge in [-0.1, -0.05) is 6.92 Å². The second-order valence-corrected chi connectivity index (χ2v) is 1.63. The fourth-order valence-corrected chi connectivity index (χ4v) is 0.554. The lowest BCUT2D eigenvalue weighted by molar-refractivity contribution is 0.146. The van der Waals surface area contributed by atoms with Gasteiger partial charge >= 0.3 is 0 Å². The summed E-state index contributed by atoms with van der Waals surface area (Å²) in [6.45, 7) is 2.04. The van der Waals surface area contributed by atoms with Gasteiger partial charge in [-0.3, -0.25) is 4.99 Å². The van der Waals surface area contributed by atoms with Gasteiger partial charge in [0.05, 0.1) is 6.26 Å². The summed E-state index contributed by atoms with van der Waals surface area (Å²) in [5.41, 5.74) is 0. The molecular weight excluding hydrogens is 102 g/mol. The first-order chi connectivity index (χ1) is 3.93. The van der Waals surface area contributed by atoms with Crippen LogP contribution in [0, 0.1) is 0 Å². The highest BCUT2D eigenvalue weighted by atomic mass is 16.5. The molecule has 0 aromatic heterocycles. The largest absolute Gasteiger partial charge is 0.476 e. The molecule has 0 radical (unpaired) electrons. The van der Waals surface area contributed by atoms with E-state index < -0.39 is 0 Å². The van der Waals surface area contributed by atoms with Crippen LogP contribution in [0.25, 0.3) is 0 Å². The minimum atomic E-state index is 0.0694. The maximum Gasteiger partial charge on any atom is 0.188 e. The van der Waals surface area contributed by atoms with Gasteiger partial charge in [-0.05, 0) is 6.08 Å². The third kappa shape index (κ3) is 1.09. The highest BCUT2D eigenvalue weighted by Crippen LogP contribution is 2.02. The van der Waals surface area contributed by atoms with Gasteiger partial charge in [0.15, 0.2) is 6.23 Å². The van der Waals surface area contributed by atoms with Crippen molar-refractivity contribution in [2.24, 2.45) is 4.99 Å². The molecule has 0 spiro atoms. The SMILES string of the molecule is CCC1N=CC=CO1. The molecule has 8 heavy (non-hydrogen) atoms. The quantitative estimate of drug-likeness (QED) is 0.500. The topological polar surface area (TPSA) is 21.6 Å². The number of nitrogens with zero attached hydrogens (tertiary/aromatic N) is 1. The van der Waals surface area contributed by atoms with Gasteiger partial charge < -0.3 is 4.74 Å². The third-order valence-corrected chi connectivity index (χ3v) is 1.00. The molecule has 1 atom stereocenters. The van der Waals surface area contributed by atoms with Crippen LogP contribution < -0.4 is 0 Å². The summed E-state index contributed by atoms with van der Waals surface area (Å²) in [4.78, 5) is 4.01. The van der Waals surface area contributed by atoms with Crippen molar-refractivity contribution in [2.45, 2.75) is 19.6 Å². The molecule has 1 aliphatic heterocycles. The van der Waals surface area contributed by atoms with Gasteiger partial charge in [-0.25, -0.2) is 0 Å². The Morgan fingerprint density at radius 1 is 1.75 bits per heavy atom. The summed E-state index contributed by atoms with van der Waals surface area (Å²) < 4.78 is 5.05. The van der Waals surface area contributed by atoms with Crippen LogP contribution in [0.2, 0.25) is 0 Å². The van der Waals surface area contributed by atoms with Crippen molar-refractivity contribution >= 4 is 6.21 Å². The number of hydrogen-bond donors (Lipinski definition) is 0. The monoisotopic (exact) mass is 111 g/mol. The van der Waals surface area contributed by atoms with Crippen LogP contribution in [0.4, 0.5) is 0 Å². The van der Waals surface area contributed by atoms with E-state index in [0.717, 1.165) is 6.42 Å². The molecule has 44 valence electrons. The molecular formula is C6H9NO. The maximum absolute atomic E-state index is 5.05. The summed E-state index contributed by atoms with van der Waals surface area (Å²) in [6.07, 6.45) is 6.23. The Hall–Kier alpha value is -0.790. The number of hydrogen-bond acceptors (Lipinski definition) is 2. The van der Waals surface area contributed by atoms with Gasteiger partial charge in [-0.15, -0.1) is 0 Å². The molecule has 1 aliphatic rings. The first-order valence-electron chi connectivity index (χ1n) is 2.77. The highest BCUT2D eigenvalue weighted by molar-refractivity contribution is 5.71. The van der Waals surface area contributed by atoms with Gasteiger partial charge in [0, 0.05) is 12.6 Å². The molecule has 1 rings (SSSR count). The predicted molar refractivity (Wildman–Crippen MR) is 32.8 cm³/mol. The van der Waals surface area contributed by atoms with Gasteiger partial charge in [0.25, 0.3) is 0 Å². The number of rotatable bonds is 1. The van der Waals surface area contributed by atoms with Crippen molar-refractivity contribution in [1.29, 1.82) is 0 Å². The molecule has 0 aromatic rings. The van der Waals surface area contributed by atoms with Gasteiger partial charge in [-0.2, -0.15) is 0 Å². The average Bonchev–Trinajstić information content (AvgIpc) is 1.90. The third-order valence-electron chi connectivity index (χ3n) is 1.00. The smallest absolute Gasteiger partial charge is 0.188 e. The Morgan fingerprint density at radius 3 is 3.00 bits per heavy atom. The molecule has 0 aromatic carbocycles. The van der Waals surface area contributed by atoms with E-state index in [9.17, 15) is 0 Å². The molecule has 0 N–H and O–H groups in total. The Morgan fingerprint density at radius 2 is 2.62 bits per heavy atom. The molecule has 1 heterocycles. The standard InChI is InChI=1S/C6H9NO/c1-2-6-7-4-3-5-8-6/h3-6H,2H2,1H3. The predicted octanol–water partition coefficient (Wildman–Crippen LogP) is 1.34. The number of aliphatic imine (C=N–C) groups is 1. The van der Waals surface area contributed by atoms with Crippen LogP contribution >= 0.6 is 0 Å². The number of ether oxygens (including phenoxy) is 1. The lowest BCUT2D eigenvalue weighted by Crippen LogP contribution is -2.06. The zero-order chi connectivity index (χ0) is 5.82. The van der Waals surface area contributed by atoms with Gasteiger partial charge in [0.2, 0.25) is 0 Å². The Bertz CT molecular complexity index is 118. The Labute approximate surface area is 48.9 Å². The molecule has 2 nitrogen and oxygen atoms in total. The molecule has 0 aliphatic carbocycles. The van der Waals surface area contributed by atoms with E-state index in [4.69, 9.17) is 4.74 Å². The molecule has 0 saturated carbocycles. The molecule has 1 unspecified atom stereocenters. The molecule has 0 amide bonds. The average molecular weight is 111 g/mol. The van der Waals surface area contributed by atoms with E-state index in [1.165, 1.54) is 0 Å². The van der Waals surface area contributed by atoms with E-state index >= 15 is 0 Å². The van der Waals surface area contributed by atoms with E-state index in [2.05, 4.69) is 4.99 Å². The van der Waals surface area contributed by atoms with Crippen molar-refractivity contribution in [3.8, 4) is 0 Å². The summed E-state index contributed by atoms with van der Waals surface area (Å²) in [5, 5.41) is 0. The lowest BCUT2D eigenvalue weighted by Gasteiger charge is -2.10. The maximum atomic E-state index is 5.05. The lowest BCUT2D eigenvalue weighted by atomic mass is 10.4. The van der Waals surface area contributed by atoms with Crippen LogP contribution in [0.15, 0.2) is 17.3 Å². The fraction of sp³-hybridized carbons (Fsp3) is 0.500. The minimum absolute atomic E-state index is 0.0694. The zero-order valence-corrected chi connectivity index (χ0v) is 4.87. The summed E-state index contributed by atoms with van der Waals surface area (Å²) in [7, 11) is 0. The van der Waals surface area contributed by atoms with Crippen molar-refractivity contribution in [3.63, 3.8) is 0 Å². The Kier molecular flexibility index (Phi) is 1.67. The molecule has 0 saturated heterocycles. The van der Waals surface area contributed by atoms with Crippen LogP contribution in [-0.2, 0) is 4.74 Å². The van der Waals surface area contributed by atoms with E-state index in [1.54, 1.807) is 18.6 Å². The summed E-state index contributed by atoms with van der Waals surface area (Å²) >= 11 is 0. The molecule has 0 bridgehead atoms. The van der Waals surface area contributed by atoms with Crippen molar-refractivity contribution < 1.29 is 4.74 Å². The van der Waals surface area contributed by atoms with Crippen molar-refractivity contribution in [1.82, 2.24) is 0 Å². The zero-order valence-electron chi connectivity index (χ0n) is 4.87. The van der Waals surface area contributed by atoms with E-state index in [0.29, 0.717) is 0 Å². The summed E-state index contributed by atoms with van der Waals surface area (Å²) in [5.74, 6) is 0. The normalized spacial score (nSPS) is 25.4. The van der Waals surface area contributed by atoms with E-state index in [1.807, 2.05) is 6.92 Å². The second kappa shape index (κ2) is 2.50. The van der Waals surface area contributed by atoms with Crippen molar-refractivity contribution in [2.75, 3.05) is 0 Å². The van der Waals surface area contributed by atoms with Crippen LogP contribution in [0.1, 0.15) is 13.3 Å².